The number of amides is 1. The van der Waals surface area contributed by atoms with Crippen LogP contribution in [0.1, 0.15) is 0 Å². The van der Waals surface area contributed by atoms with Gasteiger partial charge >= 0.3 is 5.97 Å². The molecule has 68 valence electrons. The van der Waals surface area contributed by atoms with Crippen LogP contribution in [0.15, 0.2) is 12.7 Å². The topological polar surface area (TPSA) is 64.6 Å². The molecule has 0 aliphatic rings. The van der Waals surface area contributed by atoms with Crippen molar-refractivity contribution in [3.63, 3.8) is 0 Å². The molecule has 1 amide bonds. The number of carbonyl (C=O) groups excluding carboxylic acids is 2. The molecule has 0 radical (unpaired) electrons. The summed E-state index contributed by atoms with van der Waals surface area (Å²) in [7, 11) is 2.49. The first-order chi connectivity index (χ1) is 5.65. The second-order valence-electron chi connectivity index (χ2n) is 1.85. The Morgan fingerprint density at radius 2 is 2.08 bits per heavy atom. The summed E-state index contributed by atoms with van der Waals surface area (Å²) in [5, 5.41) is 2.21. The molecule has 0 saturated carbocycles. The fraction of sp³-hybridized carbons (Fsp3) is 0.429. The van der Waals surface area contributed by atoms with Gasteiger partial charge in [-0.3, -0.25) is 4.79 Å². The minimum atomic E-state index is -1.07. The Bertz CT molecular complexity index is 190. The average molecular weight is 173 g/mol. The Morgan fingerprint density at radius 1 is 1.50 bits per heavy atom. The zero-order valence-electron chi connectivity index (χ0n) is 6.99. The summed E-state index contributed by atoms with van der Waals surface area (Å²) in [6.07, 6.45) is -0.0323. The van der Waals surface area contributed by atoms with E-state index in [-0.39, 0.29) is 0 Å². The fourth-order valence-electron chi connectivity index (χ4n) is 0.509. The van der Waals surface area contributed by atoms with E-state index in [0.29, 0.717) is 0 Å². The van der Waals surface area contributed by atoms with Crippen LogP contribution < -0.4 is 5.32 Å². The van der Waals surface area contributed by atoms with E-state index >= 15 is 0 Å². The molecule has 0 aliphatic heterocycles. The molecule has 0 aromatic rings. The van der Waals surface area contributed by atoms with Crippen molar-refractivity contribution in [3.05, 3.63) is 12.7 Å². The number of carbonyl (C=O) groups is 2. The predicted molar refractivity (Wildman–Crippen MR) is 41.2 cm³/mol. The van der Waals surface area contributed by atoms with Gasteiger partial charge in [0.2, 0.25) is 12.1 Å². The Labute approximate surface area is 70.3 Å². The normalized spacial score (nSPS) is 11.5. The summed E-state index contributed by atoms with van der Waals surface area (Å²) in [6.45, 7) is 3.21. The number of methoxy groups -OCH3 is 2. The standard InChI is InChI=1S/C7H11NO4/c1-4-5(9)8-6(11-2)7(10)12-3/h4,6H,1H2,2-3H3,(H,8,9)/t6-/m0/s1. The first kappa shape index (κ1) is 10.6. The number of esters is 1. The molecular weight excluding hydrogens is 162 g/mol. The van der Waals surface area contributed by atoms with Crippen LogP contribution in [0.4, 0.5) is 0 Å². The van der Waals surface area contributed by atoms with E-state index in [0.717, 1.165) is 6.08 Å². The quantitative estimate of drug-likeness (QED) is 0.351. The van der Waals surface area contributed by atoms with Gasteiger partial charge in [0, 0.05) is 7.11 Å². The molecule has 0 aromatic heterocycles. The number of nitrogens with one attached hydrogen (secondary N) is 1. The van der Waals surface area contributed by atoms with E-state index in [1.54, 1.807) is 0 Å². The lowest BCUT2D eigenvalue weighted by atomic mass is 10.5. The van der Waals surface area contributed by atoms with E-state index < -0.39 is 18.1 Å². The zero-order valence-corrected chi connectivity index (χ0v) is 6.99. The lowest BCUT2D eigenvalue weighted by Crippen LogP contribution is -2.41. The summed E-state index contributed by atoms with van der Waals surface area (Å²) < 4.78 is 8.96. The van der Waals surface area contributed by atoms with Crippen LogP contribution in [0.5, 0.6) is 0 Å². The van der Waals surface area contributed by atoms with Crippen LogP contribution in [0, 0.1) is 0 Å². The van der Waals surface area contributed by atoms with Crippen molar-refractivity contribution in [2.24, 2.45) is 0 Å². The fourth-order valence-corrected chi connectivity index (χ4v) is 0.509. The summed E-state index contributed by atoms with van der Waals surface area (Å²) in [5.41, 5.74) is 0. The predicted octanol–water partition coefficient (Wildman–Crippen LogP) is -0.566. The summed E-state index contributed by atoms with van der Waals surface area (Å²) >= 11 is 0. The van der Waals surface area contributed by atoms with Gasteiger partial charge in [0.1, 0.15) is 0 Å². The highest BCUT2D eigenvalue weighted by molar-refractivity contribution is 5.90. The molecule has 0 heterocycles. The van der Waals surface area contributed by atoms with E-state index in [2.05, 4.69) is 21.4 Å². The summed E-state index contributed by atoms with van der Waals surface area (Å²) in [6, 6.07) is 0. The monoisotopic (exact) mass is 173 g/mol. The van der Waals surface area contributed by atoms with Gasteiger partial charge in [-0.1, -0.05) is 6.58 Å². The first-order valence-electron chi connectivity index (χ1n) is 3.19. The minimum absolute atomic E-state index is 0.493. The van der Waals surface area contributed by atoms with Crippen LogP contribution >= 0.6 is 0 Å². The molecule has 0 unspecified atom stereocenters. The minimum Gasteiger partial charge on any atom is -0.466 e. The molecule has 0 fully saturated rings. The number of ether oxygens (including phenoxy) is 2. The van der Waals surface area contributed by atoms with Crippen molar-refractivity contribution >= 4 is 11.9 Å². The maximum absolute atomic E-state index is 10.8. The van der Waals surface area contributed by atoms with Gasteiger partial charge in [-0.05, 0) is 6.08 Å². The Balaban J connectivity index is 4.07. The maximum atomic E-state index is 10.8. The molecule has 1 atom stereocenters. The van der Waals surface area contributed by atoms with E-state index in [1.165, 1.54) is 14.2 Å². The Morgan fingerprint density at radius 3 is 2.42 bits per heavy atom. The Kier molecular flexibility index (Phi) is 4.71. The summed E-state index contributed by atoms with van der Waals surface area (Å²) in [5.74, 6) is -1.15. The largest absolute Gasteiger partial charge is 0.466 e. The van der Waals surface area contributed by atoms with Gasteiger partial charge in [-0.15, -0.1) is 0 Å². The second kappa shape index (κ2) is 5.31. The molecule has 0 rings (SSSR count). The second-order valence-corrected chi connectivity index (χ2v) is 1.85. The number of hydrogen-bond acceptors (Lipinski definition) is 4. The van der Waals surface area contributed by atoms with Crippen LogP contribution in [0.3, 0.4) is 0 Å². The van der Waals surface area contributed by atoms with Gasteiger partial charge < -0.3 is 14.8 Å². The molecule has 5 nitrogen and oxygen atoms in total. The van der Waals surface area contributed by atoms with Crippen LogP contribution in [0.25, 0.3) is 0 Å². The van der Waals surface area contributed by atoms with E-state index in [9.17, 15) is 9.59 Å². The van der Waals surface area contributed by atoms with Crippen LogP contribution in [0.2, 0.25) is 0 Å². The highest BCUT2D eigenvalue weighted by Crippen LogP contribution is 1.88. The number of hydrogen-bond donors (Lipinski definition) is 1. The SMILES string of the molecule is C=CC(=O)N[C@@H](OC)C(=O)OC. The lowest BCUT2D eigenvalue weighted by molar-refractivity contribution is -0.156. The van der Waals surface area contributed by atoms with Gasteiger partial charge in [-0.2, -0.15) is 0 Å². The van der Waals surface area contributed by atoms with Crippen molar-refractivity contribution < 1.29 is 19.1 Å². The molecule has 0 aliphatic carbocycles. The van der Waals surface area contributed by atoms with Gasteiger partial charge in [0.15, 0.2) is 0 Å². The van der Waals surface area contributed by atoms with Crippen molar-refractivity contribution in [2.45, 2.75) is 6.23 Å². The third-order valence-corrected chi connectivity index (χ3v) is 1.11. The average Bonchev–Trinajstić information content (AvgIpc) is 2.12. The molecule has 0 spiro atoms. The van der Waals surface area contributed by atoms with Crippen molar-refractivity contribution in [2.75, 3.05) is 14.2 Å². The molecular formula is C7H11NO4. The molecule has 0 saturated heterocycles. The third-order valence-electron chi connectivity index (χ3n) is 1.11. The summed E-state index contributed by atoms with van der Waals surface area (Å²) in [4.78, 5) is 21.5. The molecule has 1 N–H and O–H groups in total. The third kappa shape index (κ3) is 3.16. The highest BCUT2D eigenvalue weighted by atomic mass is 16.6. The smallest absolute Gasteiger partial charge is 0.356 e. The number of rotatable bonds is 4. The van der Waals surface area contributed by atoms with Crippen molar-refractivity contribution in [3.8, 4) is 0 Å². The van der Waals surface area contributed by atoms with Gasteiger partial charge in [0.05, 0.1) is 7.11 Å². The molecule has 5 heteroatoms. The zero-order chi connectivity index (χ0) is 9.56. The molecule has 0 aromatic carbocycles. The molecule has 12 heavy (non-hydrogen) atoms. The van der Waals surface area contributed by atoms with Crippen LogP contribution in [-0.2, 0) is 19.1 Å². The van der Waals surface area contributed by atoms with E-state index in [1.807, 2.05) is 0 Å². The van der Waals surface area contributed by atoms with Crippen molar-refractivity contribution in [1.82, 2.24) is 5.32 Å². The van der Waals surface area contributed by atoms with E-state index in [4.69, 9.17) is 0 Å². The van der Waals surface area contributed by atoms with Gasteiger partial charge in [-0.25, -0.2) is 4.79 Å². The molecule has 0 bridgehead atoms. The van der Waals surface area contributed by atoms with Gasteiger partial charge in [0.25, 0.3) is 0 Å². The van der Waals surface area contributed by atoms with Crippen molar-refractivity contribution in [1.29, 1.82) is 0 Å². The Hall–Kier alpha value is -1.36. The lowest BCUT2D eigenvalue weighted by Gasteiger charge is -2.12. The highest BCUT2D eigenvalue weighted by Gasteiger charge is 2.18. The van der Waals surface area contributed by atoms with Crippen LogP contribution in [-0.4, -0.2) is 32.3 Å². The first-order valence-corrected chi connectivity index (χ1v) is 3.19. The maximum Gasteiger partial charge on any atom is 0.356 e.